The molecule has 1 N–H and O–H groups in total. The van der Waals surface area contributed by atoms with Gasteiger partial charge in [0.1, 0.15) is 0 Å². The minimum absolute atomic E-state index is 0.0205. The molecule has 0 aliphatic carbocycles. The van der Waals surface area contributed by atoms with Gasteiger partial charge in [0.25, 0.3) is 0 Å². The number of likely N-dealkylation sites (N-methyl/N-ethyl adjacent to an activating group) is 1. The number of rotatable bonds is 5. The van der Waals surface area contributed by atoms with Crippen LogP contribution in [0.15, 0.2) is 11.6 Å². The van der Waals surface area contributed by atoms with E-state index in [9.17, 15) is 4.79 Å². The van der Waals surface area contributed by atoms with E-state index in [1.54, 1.807) is 22.4 Å². The SMILES string of the molecule is C[C@H](CN(C)C(=O)N[C@@H](C)[C@@H]1CCOC1)c1nccs1. The number of amides is 2. The van der Waals surface area contributed by atoms with E-state index in [0.29, 0.717) is 12.5 Å². The number of ether oxygens (including phenoxy) is 1. The molecular weight excluding hydrogens is 274 g/mol. The lowest BCUT2D eigenvalue weighted by Gasteiger charge is -2.25. The van der Waals surface area contributed by atoms with E-state index in [4.69, 9.17) is 4.74 Å². The van der Waals surface area contributed by atoms with Gasteiger partial charge in [-0.05, 0) is 13.3 Å². The summed E-state index contributed by atoms with van der Waals surface area (Å²) >= 11 is 1.63. The highest BCUT2D eigenvalue weighted by Crippen LogP contribution is 2.19. The van der Waals surface area contributed by atoms with Crippen molar-refractivity contribution in [3.63, 3.8) is 0 Å². The largest absolute Gasteiger partial charge is 0.381 e. The maximum absolute atomic E-state index is 12.2. The molecule has 1 aliphatic rings. The Morgan fingerprint density at radius 3 is 3.05 bits per heavy atom. The number of hydrogen-bond acceptors (Lipinski definition) is 4. The lowest BCUT2D eigenvalue weighted by atomic mass is 10.0. The zero-order valence-electron chi connectivity index (χ0n) is 12.3. The third-order valence-corrected chi connectivity index (χ3v) is 4.80. The van der Waals surface area contributed by atoms with Gasteiger partial charge in [0.2, 0.25) is 0 Å². The van der Waals surface area contributed by atoms with Crippen molar-refractivity contribution in [1.29, 1.82) is 0 Å². The van der Waals surface area contributed by atoms with E-state index in [1.807, 2.05) is 12.4 Å². The summed E-state index contributed by atoms with van der Waals surface area (Å²) in [6, 6.07) is 0.135. The molecule has 5 nitrogen and oxygen atoms in total. The molecule has 0 spiro atoms. The normalized spacial score (nSPS) is 21.4. The molecular formula is C14H23N3O2S. The van der Waals surface area contributed by atoms with Crippen LogP contribution in [0, 0.1) is 5.92 Å². The Balaban J connectivity index is 1.79. The highest BCUT2D eigenvalue weighted by atomic mass is 32.1. The van der Waals surface area contributed by atoms with Gasteiger partial charge in [0.05, 0.1) is 11.6 Å². The van der Waals surface area contributed by atoms with E-state index >= 15 is 0 Å². The van der Waals surface area contributed by atoms with E-state index in [0.717, 1.165) is 24.6 Å². The van der Waals surface area contributed by atoms with Gasteiger partial charge in [-0.25, -0.2) is 9.78 Å². The fourth-order valence-electron chi connectivity index (χ4n) is 2.42. The Labute approximate surface area is 124 Å². The van der Waals surface area contributed by atoms with Crippen LogP contribution in [-0.2, 0) is 4.74 Å². The van der Waals surface area contributed by atoms with Crippen LogP contribution in [-0.4, -0.2) is 48.8 Å². The van der Waals surface area contributed by atoms with Crippen molar-refractivity contribution in [3.05, 3.63) is 16.6 Å². The van der Waals surface area contributed by atoms with Crippen molar-refractivity contribution in [1.82, 2.24) is 15.2 Å². The molecule has 6 heteroatoms. The van der Waals surface area contributed by atoms with Crippen molar-refractivity contribution in [2.24, 2.45) is 5.92 Å². The predicted molar refractivity (Wildman–Crippen MR) is 80.1 cm³/mol. The molecule has 112 valence electrons. The van der Waals surface area contributed by atoms with Crippen LogP contribution in [0.5, 0.6) is 0 Å². The molecule has 1 fully saturated rings. The smallest absolute Gasteiger partial charge is 0.317 e. The summed E-state index contributed by atoms with van der Waals surface area (Å²) in [5.41, 5.74) is 0. The highest BCUT2D eigenvalue weighted by molar-refractivity contribution is 7.09. The van der Waals surface area contributed by atoms with Gasteiger partial charge >= 0.3 is 6.03 Å². The molecule has 0 aromatic carbocycles. The fraction of sp³-hybridized carbons (Fsp3) is 0.714. The molecule has 2 amide bonds. The second-order valence-corrected chi connectivity index (χ2v) is 6.44. The van der Waals surface area contributed by atoms with Crippen LogP contribution in [0.4, 0.5) is 4.79 Å². The third kappa shape index (κ3) is 3.93. The Bertz CT molecular complexity index is 418. The average molecular weight is 297 g/mol. The second-order valence-electron chi connectivity index (χ2n) is 5.51. The number of aromatic nitrogens is 1. The van der Waals surface area contributed by atoms with Crippen LogP contribution in [0.3, 0.4) is 0 Å². The van der Waals surface area contributed by atoms with Crippen LogP contribution >= 0.6 is 11.3 Å². The maximum Gasteiger partial charge on any atom is 0.317 e. The first-order valence-corrected chi connectivity index (χ1v) is 7.94. The Morgan fingerprint density at radius 1 is 1.65 bits per heavy atom. The molecule has 1 aromatic heterocycles. The van der Waals surface area contributed by atoms with Crippen LogP contribution < -0.4 is 5.32 Å². The zero-order chi connectivity index (χ0) is 14.5. The van der Waals surface area contributed by atoms with Gasteiger partial charge in [-0.2, -0.15) is 0 Å². The Kier molecular flexibility index (Phi) is 5.37. The topological polar surface area (TPSA) is 54.5 Å². The number of carbonyl (C=O) groups excluding carboxylic acids is 1. The average Bonchev–Trinajstić information content (AvgIpc) is 3.11. The summed E-state index contributed by atoms with van der Waals surface area (Å²) in [4.78, 5) is 18.2. The van der Waals surface area contributed by atoms with Gasteiger partial charge in [-0.15, -0.1) is 11.3 Å². The first-order valence-electron chi connectivity index (χ1n) is 7.06. The number of nitrogens with zero attached hydrogens (tertiary/aromatic N) is 2. The van der Waals surface area contributed by atoms with Crippen molar-refractivity contribution in [2.45, 2.75) is 32.2 Å². The minimum atomic E-state index is -0.0205. The number of nitrogens with one attached hydrogen (secondary N) is 1. The standard InChI is InChI=1S/C14H23N3O2S/c1-10(13-15-5-7-20-13)8-17(3)14(18)16-11(2)12-4-6-19-9-12/h5,7,10-12H,4,6,8-9H2,1-3H3,(H,16,18)/t10-,11+,12-/m1/s1. The zero-order valence-corrected chi connectivity index (χ0v) is 13.2. The highest BCUT2D eigenvalue weighted by Gasteiger charge is 2.25. The summed E-state index contributed by atoms with van der Waals surface area (Å²) in [6.07, 6.45) is 2.83. The summed E-state index contributed by atoms with van der Waals surface area (Å²) < 4.78 is 5.36. The predicted octanol–water partition coefficient (Wildman–Crippen LogP) is 2.31. The molecule has 3 atom stereocenters. The van der Waals surface area contributed by atoms with Crippen molar-refractivity contribution in [3.8, 4) is 0 Å². The fourth-order valence-corrected chi connectivity index (χ4v) is 3.11. The molecule has 0 radical (unpaired) electrons. The van der Waals surface area contributed by atoms with E-state index in [2.05, 4.69) is 24.1 Å². The van der Waals surface area contributed by atoms with Gasteiger partial charge in [-0.1, -0.05) is 6.92 Å². The molecule has 0 bridgehead atoms. The van der Waals surface area contributed by atoms with E-state index in [-0.39, 0.29) is 18.0 Å². The quantitative estimate of drug-likeness (QED) is 0.907. The van der Waals surface area contributed by atoms with Crippen molar-refractivity contribution in [2.75, 3.05) is 26.8 Å². The molecule has 0 saturated carbocycles. The first-order chi connectivity index (χ1) is 9.58. The monoisotopic (exact) mass is 297 g/mol. The van der Waals surface area contributed by atoms with Crippen molar-refractivity contribution < 1.29 is 9.53 Å². The molecule has 1 aliphatic heterocycles. The number of urea groups is 1. The summed E-state index contributed by atoms with van der Waals surface area (Å²) in [7, 11) is 1.83. The Hall–Kier alpha value is -1.14. The summed E-state index contributed by atoms with van der Waals surface area (Å²) in [5.74, 6) is 0.694. The molecule has 20 heavy (non-hydrogen) atoms. The Morgan fingerprint density at radius 2 is 2.45 bits per heavy atom. The van der Waals surface area contributed by atoms with E-state index in [1.165, 1.54) is 0 Å². The second kappa shape index (κ2) is 7.04. The number of hydrogen-bond donors (Lipinski definition) is 1. The maximum atomic E-state index is 12.2. The van der Waals surface area contributed by atoms with Gasteiger partial charge < -0.3 is 15.0 Å². The lowest BCUT2D eigenvalue weighted by Crippen LogP contribution is -2.45. The summed E-state index contributed by atoms with van der Waals surface area (Å²) in [6.45, 7) is 6.38. The van der Waals surface area contributed by atoms with Crippen LogP contribution in [0.1, 0.15) is 31.2 Å². The van der Waals surface area contributed by atoms with Crippen LogP contribution in [0.25, 0.3) is 0 Å². The molecule has 1 aromatic rings. The summed E-state index contributed by atoms with van der Waals surface area (Å²) in [5, 5.41) is 6.10. The third-order valence-electron chi connectivity index (χ3n) is 3.79. The molecule has 0 unspecified atom stereocenters. The van der Waals surface area contributed by atoms with Gasteiger partial charge in [0.15, 0.2) is 0 Å². The molecule has 2 heterocycles. The van der Waals surface area contributed by atoms with Crippen molar-refractivity contribution >= 4 is 17.4 Å². The minimum Gasteiger partial charge on any atom is -0.381 e. The van der Waals surface area contributed by atoms with Gasteiger partial charge in [0, 0.05) is 49.7 Å². The molecule has 1 saturated heterocycles. The molecule has 2 rings (SSSR count). The number of thiazole rings is 1. The number of carbonyl (C=O) groups is 1. The van der Waals surface area contributed by atoms with E-state index < -0.39 is 0 Å². The van der Waals surface area contributed by atoms with Crippen LogP contribution in [0.2, 0.25) is 0 Å². The lowest BCUT2D eigenvalue weighted by molar-refractivity contribution is 0.173. The first kappa shape index (κ1) is 15.3. The van der Waals surface area contributed by atoms with Gasteiger partial charge in [-0.3, -0.25) is 0 Å².